The van der Waals surface area contributed by atoms with Crippen LogP contribution in [0.2, 0.25) is 0 Å². The summed E-state index contributed by atoms with van der Waals surface area (Å²) < 4.78 is 81.5. The average Bonchev–Trinajstić information content (AvgIpc) is 2.80. The van der Waals surface area contributed by atoms with Gasteiger partial charge in [-0.05, 0) is 60.6 Å². The highest BCUT2D eigenvalue weighted by molar-refractivity contribution is 5.69. The fourth-order valence-electron chi connectivity index (χ4n) is 4.82. The third kappa shape index (κ3) is 6.86. The summed E-state index contributed by atoms with van der Waals surface area (Å²) in [6.07, 6.45) is -0.940. The maximum atomic E-state index is 14.9. The molecule has 0 amide bonds. The van der Waals surface area contributed by atoms with Crippen molar-refractivity contribution in [2.45, 2.75) is 77.7 Å². The third-order valence-corrected chi connectivity index (χ3v) is 6.61. The van der Waals surface area contributed by atoms with E-state index in [4.69, 9.17) is 4.74 Å². The molecular weight excluding hydrogens is 451 g/mol. The minimum Gasteiger partial charge on any atom is -0.494 e. The smallest absolute Gasteiger partial charge is 0.397 e. The third-order valence-electron chi connectivity index (χ3n) is 6.61. The van der Waals surface area contributed by atoms with E-state index in [9.17, 15) is 22.0 Å². The Bertz CT molecular complexity index is 906. The Kier molecular flexibility index (Phi) is 9.20. The van der Waals surface area contributed by atoms with Gasteiger partial charge in [0.25, 0.3) is 6.43 Å². The Balaban J connectivity index is 1.70. The molecule has 0 aliphatic heterocycles. The van der Waals surface area contributed by atoms with Gasteiger partial charge in [-0.1, -0.05) is 57.6 Å². The van der Waals surface area contributed by atoms with E-state index in [0.29, 0.717) is 23.8 Å². The van der Waals surface area contributed by atoms with Crippen LogP contribution in [0.5, 0.6) is 11.5 Å². The van der Waals surface area contributed by atoms with Crippen LogP contribution >= 0.6 is 0 Å². The van der Waals surface area contributed by atoms with Gasteiger partial charge in [-0.25, -0.2) is 13.2 Å². The van der Waals surface area contributed by atoms with Crippen molar-refractivity contribution >= 4 is 0 Å². The normalized spacial score (nSPS) is 18.8. The summed E-state index contributed by atoms with van der Waals surface area (Å²) in [6, 6.07) is 8.41. The molecule has 2 aromatic carbocycles. The highest BCUT2D eigenvalue weighted by Gasteiger charge is 2.35. The maximum Gasteiger partial charge on any atom is 0.397 e. The fraction of sp³-hybridized carbons (Fsp3) is 0.556. The summed E-state index contributed by atoms with van der Waals surface area (Å²) in [5.74, 6) is -0.911. The molecule has 0 spiro atoms. The molecule has 0 heterocycles. The number of ether oxygens (including phenoxy) is 2. The lowest BCUT2D eigenvalue weighted by atomic mass is 9.78. The molecule has 0 unspecified atom stereocenters. The van der Waals surface area contributed by atoms with Crippen LogP contribution < -0.4 is 9.47 Å². The molecule has 1 aliphatic rings. The van der Waals surface area contributed by atoms with Crippen LogP contribution in [0.4, 0.5) is 22.0 Å². The van der Waals surface area contributed by atoms with E-state index in [1.165, 1.54) is 24.6 Å². The Morgan fingerprint density at radius 3 is 2.09 bits per heavy atom. The molecule has 3 rings (SSSR count). The molecule has 0 radical (unpaired) electrons. The van der Waals surface area contributed by atoms with Crippen molar-refractivity contribution in [3.05, 3.63) is 47.8 Å². The summed E-state index contributed by atoms with van der Waals surface area (Å²) in [5, 5.41) is 0. The van der Waals surface area contributed by atoms with Gasteiger partial charge >= 0.3 is 6.11 Å². The molecule has 34 heavy (non-hydrogen) atoms. The number of halogens is 5. The van der Waals surface area contributed by atoms with E-state index >= 15 is 0 Å². The van der Waals surface area contributed by atoms with E-state index in [2.05, 4.69) is 11.7 Å². The van der Waals surface area contributed by atoms with Crippen molar-refractivity contribution in [2.75, 3.05) is 6.61 Å². The van der Waals surface area contributed by atoms with Gasteiger partial charge in [-0.2, -0.15) is 8.78 Å². The van der Waals surface area contributed by atoms with E-state index < -0.39 is 36.1 Å². The van der Waals surface area contributed by atoms with Gasteiger partial charge in [0.2, 0.25) is 0 Å². The van der Waals surface area contributed by atoms with Crippen LogP contribution in [0.25, 0.3) is 11.1 Å². The zero-order valence-corrected chi connectivity index (χ0v) is 19.8. The predicted molar refractivity (Wildman–Crippen MR) is 123 cm³/mol. The van der Waals surface area contributed by atoms with Crippen molar-refractivity contribution in [1.29, 1.82) is 0 Å². The molecule has 0 aromatic heterocycles. The minimum atomic E-state index is -3.64. The van der Waals surface area contributed by atoms with Crippen LogP contribution in [0.1, 0.15) is 77.2 Å². The SMILES string of the molecule is CCCC1CCC(CCC(F)(F)Oc2ccc(-c3ccc(OCC)cc3)c(C(F)F)c2F)CC1. The Morgan fingerprint density at radius 2 is 1.53 bits per heavy atom. The fourth-order valence-corrected chi connectivity index (χ4v) is 4.82. The Labute approximate surface area is 198 Å². The quantitative estimate of drug-likeness (QED) is 0.296. The predicted octanol–water partition coefficient (Wildman–Crippen LogP) is 9.19. The topological polar surface area (TPSA) is 18.5 Å². The molecule has 7 heteroatoms. The molecule has 0 bridgehead atoms. The number of hydrogen-bond acceptors (Lipinski definition) is 2. The number of rotatable bonds is 11. The van der Waals surface area contributed by atoms with Crippen LogP contribution in [-0.4, -0.2) is 12.7 Å². The molecule has 2 aromatic rings. The van der Waals surface area contributed by atoms with Gasteiger partial charge in [0, 0.05) is 0 Å². The van der Waals surface area contributed by atoms with E-state index in [0.717, 1.165) is 38.2 Å². The summed E-state index contributed by atoms with van der Waals surface area (Å²) in [4.78, 5) is 0. The van der Waals surface area contributed by atoms with Crippen molar-refractivity contribution in [3.8, 4) is 22.6 Å². The standard InChI is InChI=1S/C27H33F5O2/c1-3-5-18-6-8-19(9-7-18)16-17-27(31,32)34-23-15-14-22(24(25(23)28)26(29)30)20-10-12-21(13-11-20)33-4-2/h10-15,18-19,26H,3-9,16-17H2,1-2H3. The van der Waals surface area contributed by atoms with Gasteiger partial charge < -0.3 is 9.47 Å². The molecule has 2 nitrogen and oxygen atoms in total. The molecule has 1 saturated carbocycles. The van der Waals surface area contributed by atoms with Crippen molar-refractivity contribution < 1.29 is 31.4 Å². The van der Waals surface area contributed by atoms with Gasteiger partial charge in [-0.3, -0.25) is 0 Å². The lowest BCUT2D eigenvalue weighted by Gasteiger charge is -2.29. The molecule has 0 N–H and O–H groups in total. The molecule has 1 aliphatic carbocycles. The molecule has 188 valence electrons. The second-order valence-corrected chi connectivity index (χ2v) is 9.05. The first-order valence-electron chi connectivity index (χ1n) is 12.1. The summed E-state index contributed by atoms with van der Waals surface area (Å²) in [7, 11) is 0. The summed E-state index contributed by atoms with van der Waals surface area (Å²) >= 11 is 0. The van der Waals surface area contributed by atoms with Gasteiger partial charge in [0.1, 0.15) is 5.75 Å². The number of alkyl halides is 4. The second kappa shape index (κ2) is 11.9. The van der Waals surface area contributed by atoms with Gasteiger partial charge in [0.15, 0.2) is 11.6 Å². The second-order valence-electron chi connectivity index (χ2n) is 9.05. The molecular formula is C27H33F5O2. The Morgan fingerprint density at radius 1 is 0.912 bits per heavy atom. The highest BCUT2D eigenvalue weighted by Crippen LogP contribution is 2.41. The zero-order valence-electron chi connectivity index (χ0n) is 19.8. The average molecular weight is 485 g/mol. The number of hydrogen-bond donors (Lipinski definition) is 0. The first-order valence-corrected chi connectivity index (χ1v) is 12.1. The van der Waals surface area contributed by atoms with Gasteiger partial charge in [0.05, 0.1) is 18.6 Å². The summed E-state index contributed by atoms with van der Waals surface area (Å²) in [5.41, 5.74) is -0.698. The molecule has 0 saturated heterocycles. The van der Waals surface area contributed by atoms with E-state index in [1.807, 2.05) is 6.92 Å². The lowest BCUT2D eigenvalue weighted by molar-refractivity contribution is -0.185. The van der Waals surface area contributed by atoms with Crippen LogP contribution in [0.3, 0.4) is 0 Å². The van der Waals surface area contributed by atoms with Gasteiger partial charge in [-0.15, -0.1) is 0 Å². The highest BCUT2D eigenvalue weighted by atomic mass is 19.3. The summed E-state index contributed by atoms with van der Waals surface area (Å²) in [6.45, 7) is 4.40. The lowest BCUT2D eigenvalue weighted by Crippen LogP contribution is -2.27. The molecule has 1 fully saturated rings. The van der Waals surface area contributed by atoms with Crippen LogP contribution in [-0.2, 0) is 0 Å². The Hall–Kier alpha value is -2.31. The van der Waals surface area contributed by atoms with Crippen molar-refractivity contribution in [1.82, 2.24) is 0 Å². The van der Waals surface area contributed by atoms with E-state index in [-0.39, 0.29) is 17.9 Å². The maximum absolute atomic E-state index is 14.9. The first kappa shape index (κ1) is 26.3. The van der Waals surface area contributed by atoms with Crippen molar-refractivity contribution in [2.24, 2.45) is 11.8 Å². The monoisotopic (exact) mass is 484 g/mol. The van der Waals surface area contributed by atoms with Crippen LogP contribution in [0.15, 0.2) is 36.4 Å². The molecule has 0 atom stereocenters. The minimum absolute atomic E-state index is 0.0740. The van der Waals surface area contributed by atoms with E-state index in [1.54, 1.807) is 12.1 Å². The first-order chi connectivity index (χ1) is 16.2. The number of benzene rings is 2. The largest absolute Gasteiger partial charge is 0.494 e. The van der Waals surface area contributed by atoms with Crippen molar-refractivity contribution in [3.63, 3.8) is 0 Å². The van der Waals surface area contributed by atoms with Crippen LogP contribution in [0, 0.1) is 17.7 Å². The zero-order chi connectivity index (χ0) is 24.7.